The van der Waals surface area contributed by atoms with Gasteiger partial charge in [0.25, 0.3) is 17.6 Å². The Bertz CT molecular complexity index is 933. The minimum Gasteiger partial charge on any atom is -0.333 e. The van der Waals surface area contributed by atoms with E-state index in [4.69, 9.17) is 0 Å². The molecule has 0 spiro atoms. The molecule has 3 N–H and O–H groups in total. The molecule has 2 aromatic heterocycles. The molecular weight excluding hydrogens is 348 g/mol. The van der Waals surface area contributed by atoms with E-state index in [0.717, 1.165) is 0 Å². The van der Waals surface area contributed by atoms with Gasteiger partial charge in [-0.25, -0.2) is 0 Å². The van der Waals surface area contributed by atoms with Crippen LogP contribution in [0.2, 0.25) is 0 Å². The van der Waals surface area contributed by atoms with Crippen molar-refractivity contribution in [2.45, 2.75) is 19.5 Å². The van der Waals surface area contributed by atoms with Crippen molar-refractivity contribution in [2.75, 3.05) is 5.32 Å². The number of aromatic amines is 1. The number of nitrogens with one attached hydrogen (secondary N) is 3. The number of carbonyl (C=O) groups is 3. The first-order valence-corrected chi connectivity index (χ1v) is 8.31. The highest BCUT2D eigenvalue weighted by molar-refractivity contribution is 6.43. The molecule has 0 aliphatic rings. The van der Waals surface area contributed by atoms with Crippen LogP contribution in [0.1, 0.15) is 28.9 Å². The minimum absolute atomic E-state index is 0.162. The van der Waals surface area contributed by atoms with E-state index >= 15 is 0 Å². The van der Waals surface area contributed by atoms with Gasteiger partial charge in [0.1, 0.15) is 11.9 Å². The molecule has 9 nitrogen and oxygen atoms in total. The Balaban J connectivity index is 1.79. The van der Waals surface area contributed by atoms with Gasteiger partial charge in [0.05, 0.1) is 18.0 Å². The van der Waals surface area contributed by atoms with Crippen LogP contribution in [-0.2, 0) is 16.1 Å². The van der Waals surface area contributed by atoms with Gasteiger partial charge in [-0.15, -0.1) is 0 Å². The molecule has 27 heavy (non-hydrogen) atoms. The van der Waals surface area contributed by atoms with Crippen LogP contribution in [0, 0.1) is 0 Å². The molecule has 1 atom stereocenters. The quantitative estimate of drug-likeness (QED) is 0.430. The first kappa shape index (κ1) is 18.1. The zero-order valence-corrected chi connectivity index (χ0v) is 14.5. The molecule has 9 heteroatoms. The molecule has 0 aliphatic heterocycles. The maximum atomic E-state index is 12.7. The average Bonchev–Trinajstić information content (AvgIpc) is 3.37. The first-order chi connectivity index (χ1) is 13.1. The standard InChI is InChI=1S/C18H18N6O3/c1-2-24-11-13(10-20-24)16(25)18(27)22-15(12-6-4-3-5-7-12)17(26)21-14-8-9-19-23-14/h3-11,15H,2H2,1H3,(H,22,27)(H2,19,21,23,26). The number of anilines is 1. The Labute approximate surface area is 154 Å². The van der Waals surface area contributed by atoms with Gasteiger partial charge in [0, 0.05) is 18.8 Å². The van der Waals surface area contributed by atoms with Crippen molar-refractivity contribution >= 4 is 23.4 Å². The molecule has 0 aliphatic carbocycles. The number of ketones is 1. The van der Waals surface area contributed by atoms with Crippen molar-refractivity contribution in [3.8, 4) is 0 Å². The number of amides is 2. The third-order valence-electron chi connectivity index (χ3n) is 3.85. The lowest BCUT2D eigenvalue weighted by Gasteiger charge is -2.17. The Hall–Kier alpha value is -3.75. The summed E-state index contributed by atoms with van der Waals surface area (Å²) in [6.07, 6.45) is 4.30. The van der Waals surface area contributed by atoms with Crippen LogP contribution >= 0.6 is 0 Å². The molecule has 2 heterocycles. The van der Waals surface area contributed by atoms with Crippen molar-refractivity contribution < 1.29 is 14.4 Å². The van der Waals surface area contributed by atoms with Crippen LogP contribution in [0.3, 0.4) is 0 Å². The lowest BCUT2D eigenvalue weighted by Crippen LogP contribution is -2.40. The number of aromatic nitrogens is 4. The van der Waals surface area contributed by atoms with Gasteiger partial charge in [-0.1, -0.05) is 30.3 Å². The summed E-state index contributed by atoms with van der Waals surface area (Å²) in [4.78, 5) is 37.5. The third kappa shape index (κ3) is 4.27. The fraction of sp³-hybridized carbons (Fsp3) is 0.167. The van der Waals surface area contributed by atoms with Crippen LogP contribution in [0.5, 0.6) is 0 Å². The van der Waals surface area contributed by atoms with Gasteiger partial charge in [-0.3, -0.25) is 24.2 Å². The second-order valence-corrected chi connectivity index (χ2v) is 5.69. The maximum Gasteiger partial charge on any atom is 0.293 e. The average molecular weight is 366 g/mol. The number of hydrogen-bond acceptors (Lipinski definition) is 5. The number of aryl methyl sites for hydroxylation is 1. The summed E-state index contributed by atoms with van der Waals surface area (Å²) in [5.41, 5.74) is 0.704. The fourth-order valence-electron chi connectivity index (χ4n) is 2.46. The molecule has 1 unspecified atom stereocenters. The van der Waals surface area contributed by atoms with Crippen molar-refractivity contribution in [1.29, 1.82) is 0 Å². The molecule has 138 valence electrons. The summed E-state index contributed by atoms with van der Waals surface area (Å²) < 4.78 is 1.54. The van der Waals surface area contributed by atoms with Crippen LogP contribution < -0.4 is 10.6 Å². The molecule has 0 bridgehead atoms. The van der Waals surface area contributed by atoms with E-state index in [9.17, 15) is 14.4 Å². The molecule has 0 saturated carbocycles. The first-order valence-electron chi connectivity index (χ1n) is 8.31. The highest BCUT2D eigenvalue weighted by atomic mass is 16.2. The number of Topliss-reactive ketones (excluding diaryl/α,β-unsaturated/α-hetero) is 1. The summed E-state index contributed by atoms with van der Waals surface area (Å²) in [6.45, 7) is 2.45. The highest BCUT2D eigenvalue weighted by Gasteiger charge is 2.27. The van der Waals surface area contributed by atoms with E-state index in [2.05, 4.69) is 25.9 Å². The summed E-state index contributed by atoms with van der Waals surface area (Å²) in [7, 11) is 0. The van der Waals surface area contributed by atoms with Gasteiger partial charge < -0.3 is 10.6 Å². The van der Waals surface area contributed by atoms with Gasteiger partial charge in [0.15, 0.2) is 0 Å². The van der Waals surface area contributed by atoms with Crippen LogP contribution in [0.25, 0.3) is 0 Å². The van der Waals surface area contributed by atoms with Gasteiger partial charge >= 0.3 is 0 Å². The fourth-order valence-corrected chi connectivity index (χ4v) is 2.46. The van der Waals surface area contributed by atoms with E-state index in [1.54, 1.807) is 41.1 Å². The van der Waals surface area contributed by atoms with Crippen LogP contribution in [0.15, 0.2) is 55.0 Å². The lowest BCUT2D eigenvalue weighted by atomic mass is 10.1. The highest BCUT2D eigenvalue weighted by Crippen LogP contribution is 2.15. The van der Waals surface area contributed by atoms with E-state index in [-0.39, 0.29) is 5.56 Å². The van der Waals surface area contributed by atoms with E-state index in [1.165, 1.54) is 18.6 Å². The summed E-state index contributed by atoms with van der Waals surface area (Å²) in [6, 6.07) is 9.18. The van der Waals surface area contributed by atoms with Crippen molar-refractivity contribution in [1.82, 2.24) is 25.3 Å². The molecular formula is C18H18N6O3. The maximum absolute atomic E-state index is 12.7. The monoisotopic (exact) mass is 366 g/mol. The molecule has 2 amide bonds. The van der Waals surface area contributed by atoms with Crippen molar-refractivity contribution in [3.63, 3.8) is 0 Å². The van der Waals surface area contributed by atoms with Crippen molar-refractivity contribution in [2.24, 2.45) is 0 Å². The Morgan fingerprint density at radius 2 is 1.96 bits per heavy atom. The van der Waals surface area contributed by atoms with Crippen LogP contribution in [0.4, 0.5) is 5.82 Å². The topological polar surface area (TPSA) is 122 Å². The third-order valence-corrected chi connectivity index (χ3v) is 3.85. The molecule has 0 radical (unpaired) electrons. The predicted octanol–water partition coefficient (Wildman–Crippen LogP) is 1.30. The smallest absolute Gasteiger partial charge is 0.293 e. The minimum atomic E-state index is -1.05. The van der Waals surface area contributed by atoms with Gasteiger partial charge in [-0.2, -0.15) is 10.2 Å². The largest absolute Gasteiger partial charge is 0.333 e. The number of carbonyl (C=O) groups excluding carboxylic acids is 3. The zero-order chi connectivity index (χ0) is 19.2. The summed E-state index contributed by atoms with van der Waals surface area (Å²) in [5, 5.41) is 15.5. The Morgan fingerprint density at radius 3 is 2.59 bits per heavy atom. The Kier molecular flexibility index (Phi) is 5.41. The van der Waals surface area contributed by atoms with Crippen LogP contribution in [-0.4, -0.2) is 37.6 Å². The second kappa shape index (κ2) is 8.09. The second-order valence-electron chi connectivity index (χ2n) is 5.69. The zero-order valence-electron chi connectivity index (χ0n) is 14.5. The molecule has 1 aromatic carbocycles. The number of rotatable bonds is 7. The van der Waals surface area contributed by atoms with E-state index in [0.29, 0.717) is 17.9 Å². The Morgan fingerprint density at radius 1 is 1.19 bits per heavy atom. The number of H-pyrrole nitrogens is 1. The van der Waals surface area contributed by atoms with E-state index < -0.39 is 23.6 Å². The SMILES string of the molecule is CCn1cc(C(=O)C(=O)NC(C(=O)Nc2ccn[nH]2)c2ccccc2)cn1. The summed E-state index contributed by atoms with van der Waals surface area (Å²) >= 11 is 0. The normalized spacial score (nSPS) is 11.6. The van der Waals surface area contributed by atoms with Crippen molar-refractivity contribution in [3.05, 3.63) is 66.1 Å². The lowest BCUT2D eigenvalue weighted by molar-refractivity contribution is -0.124. The molecule has 0 fully saturated rings. The number of benzene rings is 1. The number of nitrogens with zero attached hydrogens (tertiary/aromatic N) is 3. The van der Waals surface area contributed by atoms with Gasteiger partial charge in [0.2, 0.25) is 0 Å². The predicted molar refractivity (Wildman–Crippen MR) is 96.8 cm³/mol. The molecule has 3 aromatic rings. The van der Waals surface area contributed by atoms with E-state index in [1.807, 2.05) is 6.92 Å². The van der Waals surface area contributed by atoms with Gasteiger partial charge in [-0.05, 0) is 12.5 Å². The summed E-state index contributed by atoms with van der Waals surface area (Å²) in [5.74, 6) is -1.77. The number of hydrogen-bond donors (Lipinski definition) is 3. The molecule has 3 rings (SSSR count). The molecule has 0 saturated heterocycles.